The Bertz CT molecular complexity index is 1000. The number of hydrogen-bond acceptors (Lipinski definition) is 4. The van der Waals surface area contributed by atoms with Crippen LogP contribution in [0.4, 0.5) is 4.79 Å². The van der Waals surface area contributed by atoms with Crippen LogP contribution >= 0.6 is 0 Å². The average Bonchev–Trinajstić information content (AvgIpc) is 3.38. The molecule has 1 fully saturated rings. The third-order valence-electron chi connectivity index (χ3n) is 6.69. The highest BCUT2D eigenvalue weighted by Crippen LogP contribution is 2.44. The van der Waals surface area contributed by atoms with Crippen molar-refractivity contribution in [3.63, 3.8) is 0 Å². The van der Waals surface area contributed by atoms with E-state index in [2.05, 4.69) is 29.6 Å². The Morgan fingerprint density at radius 3 is 2.21 bits per heavy atom. The molecule has 1 saturated carbocycles. The van der Waals surface area contributed by atoms with E-state index in [1.807, 2.05) is 24.3 Å². The Kier molecular flexibility index (Phi) is 6.67. The second-order valence-electron chi connectivity index (χ2n) is 9.07. The van der Waals surface area contributed by atoms with Gasteiger partial charge >= 0.3 is 12.1 Å². The summed E-state index contributed by atoms with van der Waals surface area (Å²) in [4.78, 5) is 38.3. The minimum atomic E-state index is -1.05. The zero-order valence-corrected chi connectivity index (χ0v) is 19.0. The maximum atomic E-state index is 13.0. The van der Waals surface area contributed by atoms with Crippen molar-refractivity contribution in [3.8, 4) is 11.1 Å². The Morgan fingerprint density at radius 2 is 1.64 bits per heavy atom. The van der Waals surface area contributed by atoms with E-state index in [1.165, 1.54) is 4.90 Å². The van der Waals surface area contributed by atoms with E-state index < -0.39 is 18.0 Å². The number of carboxylic acid groups (broad SMARTS) is 1. The first-order chi connectivity index (χ1) is 15.9. The lowest BCUT2D eigenvalue weighted by molar-refractivity contribution is -0.148. The molecule has 2 aliphatic carbocycles. The van der Waals surface area contributed by atoms with Crippen LogP contribution in [-0.4, -0.2) is 53.2 Å². The standard InChI is InChI=1S/C26H30N2O5/c1-16(2)28(14-24(29)30)25(31)21-12-7-13-23(21)27-26(32)33-15-22-19-10-5-3-8-17(19)18-9-4-6-11-20(18)22/h3-6,8-11,16,21-23H,7,12-15H2,1-2H3,(H,27,32)(H,29,30)/t21-,23+/m1/s1. The van der Waals surface area contributed by atoms with Crippen LogP contribution in [0.15, 0.2) is 48.5 Å². The zero-order chi connectivity index (χ0) is 23.5. The van der Waals surface area contributed by atoms with E-state index in [0.29, 0.717) is 12.8 Å². The summed E-state index contributed by atoms with van der Waals surface area (Å²) in [5.74, 6) is -1.74. The predicted octanol–water partition coefficient (Wildman–Crippen LogP) is 4.02. The lowest BCUT2D eigenvalue weighted by atomic mass is 9.98. The SMILES string of the molecule is CC(C)N(CC(=O)O)C(=O)[C@@H]1CCC[C@@H]1NC(=O)OCC1c2ccccc2-c2ccccc21. The Hall–Kier alpha value is -3.35. The number of benzene rings is 2. The summed E-state index contributed by atoms with van der Waals surface area (Å²) in [6.45, 7) is 3.46. The van der Waals surface area contributed by atoms with Gasteiger partial charge in [0.25, 0.3) is 0 Å². The van der Waals surface area contributed by atoms with Gasteiger partial charge in [-0.05, 0) is 48.9 Å². The molecular weight excluding hydrogens is 420 g/mol. The molecule has 7 heteroatoms. The molecule has 0 bridgehead atoms. The van der Waals surface area contributed by atoms with Crippen LogP contribution < -0.4 is 5.32 Å². The molecule has 33 heavy (non-hydrogen) atoms. The van der Waals surface area contributed by atoms with Crippen molar-refractivity contribution >= 4 is 18.0 Å². The number of nitrogens with zero attached hydrogens (tertiary/aromatic N) is 1. The van der Waals surface area contributed by atoms with E-state index in [9.17, 15) is 14.4 Å². The quantitative estimate of drug-likeness (QED) is 0.664. The van der Waals surface area contributed by atoms with Gasteiger partial charge in [0, 0.05) is 18.0 Å². The summed E-state index contributed by atoms with van der Waals surface area (Å²) in [6, 6.07) is 15.7. The number of nitrogens with one attached hydrogen (secondary N) is 1. The molecule has 0 aliphatic heterocycles. The minimum Gasteiger partial charge on any atom is -0.480 e. The number of alkyl carbamates (subject to hydrolysis) is 1. The number of carboxylic acids is 1. The van der Waals surface area contributed by atoms with Crippen LogP contribution in [0.3, 0.4) is 0 Å². The molecule has 2 aliphatic rings. The molecule has 2 aromatic rings. The van der Waals surface area contributed by atoms with E-state index in [0.717, 1.165) is 28.7 Å². The van der Waals surface area contributed by atoms with Crippen LogP contribution in [0.1, 0.15) is 50.2 Å². The van der Waals surface area contributed by atoms with E-state index >= 15 is 0 Å². The van der Waals surface area contributed by atoms with Gasteiger partial charge in [-0.2, -0.15) is 0 Å². The lowest BCUT2D eigenvalue weighted by Gasteiger charge is -2.30. The third kappa shape index (κ3) is 4.72. The summed E-state index contributed by atoms with van der Waals surface area (Å²) >= 11 is 0. The molecule has 174 valence electrons. The highest BCUT2D eigenvalue weighted by molar-refractivity contribution is 5.85. The molecule has 0 unspecified atom stereocenters. The Labute approximate surface area is 193 Å². The van der Waals surface area contributed by atoms with Crippen molar-refractivity contribution in [2.45, 2.75) is 51.1 Å². The summed E-state index contributed by atoms with van der Waals surface area (Å²) in [5, 5.41) is 12.0. The Morgan fingerprint density at radius 1 is 1.03 bits per heavy atom. The first-order valence-electron chi connectivity index (χ1n) is 11.5. The van der Waals surface area contributed by atoms with Gasteiger partial charge in [-0.15, -0.1) is 0 Å². The fourth-order valence-corrected chi connectivity index (χ4v) is 5.09. The van der Waals surface area contributed by atoms with Crippen LogP contribution in [-0.2, 0) is 14.3 Å². The minimum absolute atomic E-state index is 0.0313. The normalized spacial score (nSPS) is 19.1. The van der Waals surface area contributed by atoms with Gasteiger partial charge < -0.3 is 20.1 Å². The van der Waals surface area contributed by atoms with Gasteiger partial charge in [0.1, 0.15) is 13.2 Å². The van der Waals surface area contributed by atoms with E-state index in [4.69, 9.17) is 9.84 Å². The van der Waals surface area contributed by atoms with Gasteiger partial charge in [-0.3, -0.25) is 9.59 Å². The molecule has 2 N–H and O–H groups in total. The number of fused-ring (bicyclic) bond motifs is 3. The molecule has 4 rings (SSSR count). The summed E-state index contributed by atoms with van der Waals surface area (Å²) < 4.78 is 5.63. The van der Waals surface area contributed by atoms with Gasteiger partial charge in [-0.1, -0.05) is 55.0 Å². The monoisotopic (exact) mass is 450 g/mol. The number of carbonyl (C=O) groups is 3. The summed E-state index contributed by atoms with van der Waals surface area (Å²) in [6.07, 6.45) is 1.54. The van der Waals surface area contributed by atoms with Gasteiger partial charge in [-0.25, -0.2) is 4.79 Å². The molecule has 2 aromatic carbocycles. The predicted molar refractivity (Wildman–Crippen MR) is 124 cm³/mol. The molecule has 0 radical (unpaired) electrons. The maximum absolute atomic E-state index is 13.0. The molecule has 2 amide bonds. The van der Waals surface area contributed by atoms with Gasteiger partial charge in [0.15, 0.2) is 0 Å². The van der Waals surface area contributed by atoms with Crippen LogP contribution in [0, 0.1) is 5.92 Å². The fourth-order valence-electron chi connectivity index (χ4n) is 5.09. The summed E-state index contributed by atoms with van der Waals surface area (Å²) in [7, 11) is 0. The Balaban J connectivity index is 1.40. The second-order valence-corrected chi connectivity index (χ2v) is 9.07. The van der Waals surface area contributed by atoms with Crippen molar-refractivity contribution in [1.82, 2.24) is 10.2 Å². The number of rotatable bonds is 7. The molecule has 0 spiro atoms. The van der Waals surface area contributed by atoms with Crippen molar-refractivity contribution < 1.29 is 24.2 Å². The van der Waals surface area contributed by atoms with Gasteiger partial charge in [0.2, 0.25) is 5.91 Å². The highest BCUT2D eigenvalue weighted by Gasteiger charge is 2.38. The average molecular weight is 451 g/mol. The third-order valence-corrected chi connectivity index (χ3v) is 6.69. The number of amides is 2. The van der Waals surface area contributed by atoms with Crippen LogP contribution in [0.2, 0.25) is 0 Å². The topological polar surface area (TPSA) is 95.9 Å². The largest absolute Gasteiger partial charge is 0.480 e. The first-order valence-corrected chi connectivity index (χ1v) is 11.5. The fraction of sp³-hybridized carbons (Fsp3) is 0.423. The number of hydrogen-bond donors (Lipinski definition) is 2. The number of aliphatic carboxylic acids is 1. The second kappa shape index (κ2) is 9.65. The van der Waals surface area contributed by atoms with Crippen molar-refractivity contribution in [3.05, 3.63) is 59.7 Å². The van der Waals surface area contributed by atoms with Crippen molar-refractivity contribution in [2.75, 3.05) is 13.2 Å². The smallest absolute Gasteiger partial charge is 0.407 e. The highest BCUT2D eigenvalue weighted by atomic mass is 16.5. The zero-order valence-electron chi connectivity index (χ0n) is 19.0. The van der Waals surface area contributed by atoms with Crippen LogP contribution in [0.5, 0.6) is 0 Å². The molecule has 0 heterocycles. The molecule has 2 atom stereocenters. The summed E-state index contributed by atoms with van der Waals surface area (Å²) in [5.41, 5.74) is 4.61. The van der Waals surface area contributed by atoms with Crippen molar-refractivity contribution in [1.29, 1.82) is 0 Å². The van der Waals surface area contributed by atoms with E-state index in [-0.39, 0.29) is 37.1 Å². The van der Waals surface area contributed by atoms with Crippen molar-refractivity contribution in [2.24, 2.45) is 5.92 Å². The molecular formula is C26H30N2O5. The maximum Gasteiger partial charge on any atom is 0.407 e. The van der Waals surface area contributed by atoms with E-state index in [1.54, 1.807) is 13.8 Å². The van der Waals surface area contributed by atoms with Gasteiger partial charge in [0.05, 0.1) is 5.92 Å². The first kappa shape index (κ1) is 22.8. The number of ether oxygens (including phenoxy) is 1. The molecule has 0 saturated heterocycles. The van der Waals surface area contributed by atoms with Crippen LogP contribution in [0.25, 0.3) is 11.1 Å². The molecule has 7 nitrogen and oxygen atoms in total. The number of carbonyl (C=O) groups excluding carboxylic acids is 2. The molecule has 0 aromatic heterocycles. The lowest BCUT2D eigenvalue weighted by Crippen LogP contribution is -2.49.